The number of alkyl halides is 2. The maximum absolute atomic E-state index is 13.5. The van der Waals surface area contributed by atoms with E-state index < -0.39 is 35.9 Å². The number of esters is 1. The van der Waals surface area contributed by atoms with Gasteiger partial charge in [-0.15, -0.1) is 0 Å². The van der Waals surface area contributed by atoms with Crippen molar-refractivity contribution in [2.24, 2.45) is 0 Å². The Hall–Kier alpha value is -1.59. The second-order valence-electron chi connectivity index (χ2n) is 3.39. The Kier molecular flexibility index (Phi) is 4.48. The van der Waals surface area contributed by atoms with E-state index in [0.29, 0.717) is 0 Å². The summed E-state index contributed by atoms with van der Waals surface area (Å²) in [6, 6.07) is 1.01. The molecule has 0 radical (unpaired) electrons. The zero-order chi connectivity index (χ0) is 13.0. The standard InChI is InChI=1S/C11H12F3NO2/c1-3-17-9(16)5-7-8(12)4-6(2)15-10(7)11(13)14/h4,11H,3,5H2,1-2H3. The summed E-state index contributed by atoms with van der Waals surface area (Å²) < 4.78 is 43.4. The molecule has 6 heteroatoms. The fourth-order valence-electron chi connectivity index (χ4n) is 1.39. The number of ether oxygens (including phenoxy) is 1. The van der Waals surface area contributed by atoms with Crippen molar-refractivity contribution in [3.63, 3.8) is 0 Å². The molecule has 0 aromatic carbocycles. The Morgan fingerprint density at radius 2 is 2.18 bits per heavy atom. The first-order valence-electron chi connectivity index (χ1n) is 5.05. The lowest BCUT2D eigenvalue weighted by atomic mass is 10.1. The monoisotopic (exact) mass is 247 g/mol. The van der Waals surface area contributed by atoms with Crippen LogP contribution in [0, 0.1) is 12.7 Å². The number of carbonyl (C=O) groups excluding carboxylic acids is 1. The van der Waals surface area contributed by atoms with Gasteiger partial charge in [-0.3, -0.25) is 9.78 Å². The molecule has 0 saturated heterocycles. The van der Waals surface area contributed by atoms with Crippen LogP contribution in [0.4, 0.5) is 13.2 Å². The van der Waals surface area contributed by atoms with Crippen LogP contribution in [-0.2, 0) is 16.0 Å². The number of hydrogen-bond acceptors (Lipinski definition) is 3. The number of pyridine rings is 1. The average molecular weight is 247 g/mol. The zero-order valence-electron chi connectivity index (χ0n) is 9.47. The average Bonchev–Trinajstić information content (AvgIpc) is 2.21. The van der Waals surface area contributed by atoms with Crippen LogP contribution in [0.3, 0.4) is 0 Å². The third kappa shape index (κ3) is 3.44. The van der Waals surface area contributed by atoms with E-state index in [2.05, 4.69) is 9.72 Å². The SMILES string of the molecule is CCOC(=O)Cc1c(F)cc(C)nc1C(F)F. The highest BCUT2D eigenvalue weighted by Crippen LogP contribution is 2.24. The highest BCUT2D eigenvalue weighted by molar-refractivity contribution is 5.73. The molecule has 1 rings (SSSR count). The topological polar surface area (TPSA) is 39.2 Å². The molecule has 3 nitrogen and oxygen atoms in total. The molecular formula is C11H12F3NO2. The van der Waals surface area contributed by atoms with E-state index in [0.717, 1.165) is 6.07 Å². The van der Waals surface area contributed by atoms with Crippen LogP contribution in [-0.4, -0.2) is 17.6 Å². The highest BCUT2D eigenvalue weighted by Gasteiger charge is 2.21. The molecule has 0 N–H and O–H groups in total. The lowest BCUT2D eigenvalue weighted by Gasteiger charge is -2.09. The van der Waals surface area contributed by atoms with E-state index in [1.54, 1.807) is 6.92 Å². The molecule has 0 aliphatic heterocycles. The van der Waals surface area contributed by atoms with Gasteiger partial charge in [0.25, 0.3) is 6.43 Å². The van der Waals surface area contributed by atoms with Crippen molar-refractivity contribution in [1.82, 2.24) is 4.98 Å². The maximum Gasteiger partial charge on any atom is 0.310 e. The molecule has 0 bridgehead atoms. The third-order valence-corrected chi connectivity index (χ3v) is 2.06. The molecule has 0 amide bonds. The van der Waals surface area contributed by atoms with E-state index in [4.69, 9.17) is 0 Å². The molecule has 0 atom stereocenters. The molecule has 1 heterocycles. The van der Waals surface area contributed by atoms with Crippen LogP contribution in [0.2, 0.25) is 0 Å². The molecule has 0 aliphatic rings. The molecule has 1 aromatic heterocycles. The van der Waals surface area contributed by atoms with Crippen LogP contribution in [0.15, 0.2) is 6.07 Å². The van der Waals surface area contributed by atoms with Gasteiger partial charge >= 0.3 is 5.97 Å². The Morgan fingerprint density at radius 1 is 1.53 bits per heavy atom. The molecule has 0 fully saturated rings. The lowest BCUT2D eigenvalue weighted by molar-refractivity contribution is -0.142. The number of halogens is 3. The van der Waals surface area contributed by atoms with Crippen molar-refractivity contribution in [3.05, 3.63) is 28.8 Å². The lowest BCUT2D eigenvalue weighted by Crippen LogP contribution is -2.13. The van der Waals surface area contributed by atoms with Gasteiger partial charge < -0.3 is 4.74 Å². The van der Waals surface area contributed by atoms with Crippen molar-refractivity contribution in [2.45, 2.75) is 26.7 Å². The first-order chi connectivity index (χ1) is 7.95. The molecule has 0 spiro atoms. The summed E-state index contributed by atoms with van der Waals surface area (Å²) >= 11 is 0. The second kappa shape index (κ2) is 5.65. The van der Waals surface area contributed by atoms with Crippen molar-refractivity contribution < 1.29 is 22.7 Å². The first kappa shape index (κ1) is 13.5. The van der Waals surface area contributed by atoms with Gasteiger partial charge in [0.1, 0.15) is 11.5 Å². The van der Waals surface area contributed by atoms with E-state index in [1.165, 1.54) is 6.92 Å². The summed E-state index contributed by atoms with van der Waals surface area (Å²) in [4.78, 5) is 14.7. The van der Waals surface area contributed by atoms with Gasteiger partial charge in [-0.25, -0.2) is 13.2 Å². The van der Waals surface area contributed by atoms with Crippen molar-refractivity contribution in [2.75, 3.05) is 6.61 Å². The van der Waals surface area contributed by atoms with Crippen molar-refractivity contribution in [3.8, 4) is 0 Å². The molecule has 1 aromatic rings. The summed E-state index contributed by atoms with van der Waals surface area (Å²) in [5.74, 6) is -1.61. The molecular weight excluding hydrogens is 235 g/mol. The predicted octanol–water partition coefficient (Wildman–Crippen LogP) is 2.57. The van der Waals surface area contributed by atoms with Gasteiger partial charge in [0.2, 0.25) is 0 Å². The fraction of sp³-hybridized carbons (Fsp3) is 0.455. The Labute approximate surface area is 96.6 Å². The zero-order valence-corrected chi connectivity index (χ0v) is 9.47. The van der Waals surface area contributed by atoms with E-state index >= 15 is 0 Å². The quantitative estimate of drug-likeness (QED) is 0.767. The van der Waals surface area contributed by atoms with E-state index in [1.807, 2.05) is 0 Å². The number of carbonyl (C=O) groups is 1. The minimum absolute atomic E-state index is 0.115. The molecule has 17 heavy (non-hydrogen) atoms. The Balaban J connectivity index is 3.08. The van der Waals surface area contributed by atoms with E-state index in [-0.39, 0.29) is 12.3 Å². The maximum atomic E-state index is 13.5. The minimum atomic E-state index is -2.92. The smallest absolute Gasteiger partial charge is 0.310 e. The van der Waals surface area contributed by atoms with Gasteiger partial charge in [-0.1, -0.05) is 0 Å². The largest absolute Gasteiger partial charge is 0.466 e. The van der Waals surface area contributed by atoms with Gasteiger partial charge in [-0.2, -0.15) is 0 Å². The van der Waals surface area contributed by atoms with Crippen LogP contribution < -0.4 is 0 Å². The normalized spacial score (nSPS) is 10.7. The Morgan fingerprint density at radius 3 is 2.71 bits per heavy atom. The predicted molar refractivity (Wildman–Crippen MR) is 54.2 cm³/mol. The van der Waals surface area contributed by atoms with E-state index in [9.17, 15) is 18.0 Å². The first-order valence-corrected chi connectivity index (χ1v) is 5.05. The van der Waals surface area contributed by atoms with Crippen LogP contribution >= 0.6 is 0 Å². The van der Waals surface area contributed by atoms with Crippen LogP contribution in [0.25, 0.3) is 0 Å². The molecule has 94 valence electrons. The summed E-state index contributed by atoms with van der Waals surface area (Å²) in [7, 11) is 0. The van der Waals surface area contributed by atoms with Crippen molar-refractivity contribution >= 4 is 5.97 Å². The van der Waals surface area contributed by atoms with Gasteiger partial charge in [0, 0.05) is 11.3 Å². The summed E-state index contributed by atoms with van der Waals surface area (Å²) in [6.07, 6.45) is -3.46. The second-order valence-corrected chi connectivity index (χ2v) is 3.39. The summed E-state index contributed by atoms with van der Waals surface area (Å²) in [5.41, 5.74) is -0.954. The minimum Gasteiger partial charge on any atom is -0.466 e. The molecule has 0 saturated carbocycles. The number of nitrogens with zero attached hydrogens (tertiary/aromatic N) is 1. The number of rotatable bonds is 4. The summed E-state index contributed by atoms with van der Waals surface area (Å²) in [5, 5.41) is 0. The van der Waals surface area contributed by atoms with Crippen LogP contribution in [0.5, 0.6) is 0 Å². The van der Waals surface area contributed by atoms with Gasteiger partial charge in [-0.05, 0) is 19.9 Å². The van der Waals surface area contributed by atoms with Crippen LogP contribution in [0.1, 0.15) is 30.3 Å². The summed E-state index contributed by atoms with van der Waals surface area (Å²) in [6.45, 7) is 3.10. The molecule has 0 unspecified atom stereocenters. The highest BCUT2D eigenvalue weighted by atomic mass is 19.3. The number of aryl methyl sites for hydroxylation is 1. The van der Waals surface area contributed by atoms with Gasteiger partial charge in [0.05, 0.1) is 13.0 Å². The third-order valence-electron chi connectivity index (χ3n) is 2.06. The Bertz CT molecular complexity index is 421. The van der Waals surface area contributed by atoms with Crippen molar-refractivity contribution in [1.29, 1.82) is 0 Å². The number of aromatic nitrogens is 1. The fourth-order valence-corrected chi connectivity index (χ4v) is 1.39. The van der Waals surface area contributed by atoms with Gasteiger partial charge in [0.15, 0.2) is 0 Å². The molecule has 0 aliphatic carbocycles. The number of hydrogen-bond donors (Lipinski definition) is 0.